The molecule has 6 heteroatoms. The quantitative estimate of drug-likeness (QED) is 0.916. The van der Waals surface area contributed by atoms with E-state index in [2.05, 4.69) is 17.3 Å². The molecular weight excluding hydrogens is 286 g/mol. The number of sulfonamides is 1. The van der Waals surface area contributed by atoms with Gasteiger partial charge in [0.15, 0.2) is 0 Å². The largest absolute Gasteiger partial charge is 0.384 e. The van der Waals surface area contributed by atoms with E-state index in [1.54, 1.807) is 17.4 Å². The standard InChI is InChI=1S/C15H23N3O2S/c1-17-9-6-13(7-10-17)18(2)21(19,20)14-3-4-15-12(11-14)5-8-16-15/h3-4,11,13,16H,5-10H2,1-2H3. The Labute approximate surface area is 127 Å². The molecule has 2 aliphatic rings. The van der Waals surface area contributed by atoms with Crippen molar-refractivity contribution in [3.05, 3.63) is 23.8 Å². The van der Waals surface area contributed by atoms with Crippen LogP contribution >= 0.6 is 0 Å². The molecular formula is C15H23N3O2S. The summed E-state index contributed by atoms with van der Waals surface area (Å²) in [7, 11) is 0.410. The number of nitrogens with zero attached hydrogens (tertiary/aromatic N) is 2. The summed E-state index contributed by atoms with van der Waals surface area (Å²) < 4.78 is 27.2. The molecule has 0 radical (unpaired) electrons. The molecule has 0 atom stereocenters. The SMILES string of the molecule is CN1CCC(N(C)S(=O)(=O)c2ccc3c(c2)CCN3)CC1. The minimum atomic E-state index is -3.39. The first kappa shape index (κ1) is 14.8. The van der Waals surface area contributed by atoms with Crippen molar-refractivity contribution in [2.24, 2.45) is 0 Å². The van der Waals surface area contributed by atoms with Crippen LogP contribution in [0.25, 0.3) is 0 Å². The first-order valence-electron chi connectivity index (χ1n) is 7.52. The molecule has 0 spiro atoms. The fraction of sp³-hybridized carbons (Fsp3) is 0.600. The van der Waals surface area contributed by atoms with Gasteiger partial charge in [0, 0.05) is 25.3 Å². The van der Waals surface area contributed by atoms with Crippen LogP contribution in [0.3, 0.4) is 0 Å². The normalized spacial score (nSPS) is 20.5. The van der Waals surface area contributed by atoms with Gasteiger partial charge in [-0.25, -0.2) is 8.42 Å². The van der Waals surface area contributed by atoms with Gasteiger partial charge in [-0.3, -0.25) is 0 Å². The van der Waals surface area contributed by atoms with Crippen LogP contribution in [0.1, 0.15) is 18.4 Å². The molecule has 2 aliphatic heterocycles. The number of hydrogen-bond donors (Lipinski definition) is 1. The number of hydrogen-bond acceptors (Lipinski definition) is 4. The fourth-order valence-corrected chi connectivity index (χ4v) is 4.63. The summed E-state index contributed by atoms with van der Waals surface area (Å²) in [5.74, 6) is 0. The van der Waals surface area contributed by atoms with Crippen molar-refractivity contribution in [3.63, 3.8) is 0 Å². The van der Waals surface area contributed by atoms with Crippen molar-refractivity contribution >= 4 is 15.7 Å². The predicted octanol–water partition coefficient (Wildman–Crippen LogP) is 1.37. The predicted molar refractivity (Wildman–Crippen MR) is 84.1 cm³/mol. The lowest BCUT2D eigenvalue weighted by Gasteiger charge is -2.34. The Morgan fingerprint density at radius 2 is 2.00 bits per heavy atom. The Morgan fingerprint density at radius 3 is 2.71 bits per heavy atom. The van der Waals surface area contributed by atoms with E-state index in [1.807, 2.05) is 12.1 Å². The Hall–Kier alpha value is -1.11. The molecule has 0 saturated carbocycles. The van der Waals surface area contributed by atoms with Crippen LogP contribution in [-0.2, 0) is 16.4 Å². The van der Waals surface area contributed by atoms with E-state index >= 15 is 0 Å². The number of fused-ring (bicyclic) bond motifs is 1. The maximum atomic E-state index is 12.8. The lowest BCUT2D eigenvalue weighted by atomic mass is 10.1. The van der Waals surface area contributed by atoms with Crippen molar-refractivity contribution in [2.75, 3.05) is 39.0 Å². The van der Waals surface area contributed by atoms with Gasteiger partial charge in [-0.2, -0.15) is 4.31 Å². The molecule has 0 amide bonds. The van der Waals surface area contributed by atoms with Crippen LogP contribution in [0.5, 0.6) is 0 Å². The molecule has 1 N–H and O–H groups in total. The average Bonchev–Trinajstić information content (AvgIpc) is 2.94. The van der Waals surface area contributed by atoms with Crippen LogP contribution in [0.15, 0.2) is 23.1 Å². The van der Waals surface area contributed by atoms with E-state index in [4.69, 9.17) is 0 Å². The van der Waals surface area contributed by atoms with Crippen molar-refractivity contribution in [2.45, 2.75) is 30.2 Å². The van der Waals surface area contributed by atoms with E-state index in [-0.39, 0.29) is 6.04 Å². The summed E-state index contributed by atoms with van der Waals surface area (Å²) in [6, 6.07) is 5.55. The third kappa shape index (κ3) is 2.80. The van der Waals surface area contributed by atoms with Crippen LogP contribution in [0.2, 0.25) is 0 Å². The Bertz CT molecular complexity index is 622. The number of rotatable bonds is 3. The van der Waals surface area contributed by atoms with E-state index < -0.39 is 10.0 Å². The second-order valence-corrected chi connectivity index (χ2v) is 8.05. The molecule has 0 aliphatic carbocycles. The maximum Gasteiger partial charge on any atom is 0.243 e. The van der Waals surface area contributed by atoms with Gasteiger partial charge in [-0.1, -0.05) is 0 Å². The smallest absolute Gasteiger partial charge is 0.243 e. The highest BCUT2D eigenvalue weighted by Crippen LogP contribution is 2.28. The topological polar surface area (TPSA) is 52.7 Å². The lowest BCUT2D eigenvalue weighted by molar-refractivity contribution is 0.197. The van der Waals surface area contributed by atoms with Crippen molar-refractivity contribution in [1.82, 2.24) is 9.21 Å². The number of anilines is 1. The summed E-state index contributed by atoms with van der Waals surface area (Å²) in [6.07, 6.45) is 2.70. The van der Waals surface area contributed by atoms with Crippen LogP contribution in [0, 0.1) is 0 Å². The molecule has 1 aromatic rings. The second kappa shape index (κ2) is 5.59. The van der Waals surface area contributed by atoms with Gasteiger partial charge in [0.1, 0.15) is 0 Å². The molecule has 21 heavy (non-hydrogen) atoms. The average molecular weight is 309 g/mol. The third-order valence-electron chi connectivity index (χ3n) is 4.67. The third-order valence-corrected chi connectivity index (χ3v) is 6.57. The molecule has 116 valence electrons. The number of piperidine rings is 1. The van der Waals surface area contributed by atoms with E-state index in [0.717, 1.165) is 50.1 Å². The van der Waals surface area contributed by atoms with Crippen molar-refractivity contribution in [1.29, 1.82) is 0 Å². The molecule has 0 unspecified atom stereocenters. The van der Waals surface area contributed by atoms with Crippen molar-refractivity contribution < 1.29 is 8.42 Å². The zero-order chi connectivity index (χ0) is 15.0. The molecule has 0 aromatic heterocycles. The van der Waals surface area contributed by atoms with Gasteiger partial charge in [0.05, 0.1) is 4.90 Å². The van der Waals surface area contributed by atoms with Gasteiger partial charge in [-0.15, -0.1) is 0 Å². The fourth-order valence-electron chi connectivity index (χ4n) is 3.16. The summed E-state index contributed by atoms with van der Waals surface area (Å²) in [6.45, 7) is 2.81. The molecule has 2 heterocycles. The van der Waals surface area contributed by atoms with Gasteiger partial charge in [-0.05, 0) is 63.2 Å². The minimum absolute atomic E-state index is 0.109. The molecule has 3 rings (SSSR count). The summed E-state index contributed by atoms with van der Waals surface area (Å²) in [4.78, 5) is 2.67. The zero-order valence-corrected chi connectivity index (χ0v) is 13.5. The lowest BCUT2D eigenvalue weighted by Crippen LogP contribution is -2.44. The summed E-state index contributed by atoms with van der Waals surface area (Å²) in [5.41, 5.74) is 2.17. The van der Waals surface area contributed by atoms with E-state index in [9.17, 15) is 8.42 Å². The first-order chi connectivity index (χ1) is 9.98. The minimum Gasteiger partial charge on any atom is -0.384 e. The summed E-state index contributed by atoms with van der Waals surface area (Å²) in [5, 5.41) is 3.26. The number of benzene rings is 1. The highest BCUT2D eigenvalue weighted by Gasteiger charge is 2.30. The maximum absolute atomic E-state index is 12.8. The Morgan fingerprint density at radius 1 is 1.29 bits per heavy atom. The van der Waals surface area contributed by atoms with E-state index in [0.29, 0.717) is 4.90 Å². The highest BCUT2D eigenvalue weighted by molar-refractivity contribution is 7.89. The monoisotopic (exact) mass is 309 g/mol. The highest BCUT2D eigenvalue weighted by atomic mass is 32.2. The zero-order valence-electron chi connectivity index (χ0n) is 12.7. The van der Waals surface area contributed by atoms with Crippen LogP contribution in [-0.4, -0.2) is 57.4 Å². The second-order valence-electron chi connectivity index (χ2n) is 6.05. The Balaban J connectivity index is 1.82. The van der Waals surface area contributed by atoms with Gasteiger partial charge < -0.3 is 10.2 Å². The Kier molecular flexibility index (Phi) is 3.94. The van der Waals surface area contributed by atoms with Gasteiger partial charge in [0.2, 0.25) is 10.0 Å². The number of nitrogens with one attached hydrogen (secondary N) is 1. The first-order valence-corrected chi connectivity index (χ1v) is 8.96. The van der Waals surface area contributed by atoms with Gasteiger partial charge in [0.25, 0.3) is 0 Å². The molecule has 1 saturated heterocycles. The van der Waals surface area contributed by atoms with Crippen LogP contribution in [0.4, 0.5) is 5.69 Å². The van der Waals surface area contributed by atoms with E-state index in [1.165, 1.54) is 0 Å². The van der Waals surface area contributed by atoms with Gasteiger partial charge >= 0.3 is 0 Å². The molecule has 0 bridgehead atoms. The molecule has 1 aromatic carbocycles. The molecule has 5 nitrogen and oxygen atoms in total. The summed E-state index contributed by atoms with van der Waals surface area (Å²) >= 11 is 0. The number of likely N-dealkylation sites (tertiary alicyclic amines) is 1. The van der Waals surface area contributed by atoms with Crippen molar-refractivity contribution in [3.8, 4) is 0 Å². The molecule has 1 fully saturated rings. The van der Waals surface area contributed by atoms with Crippen LogP contribution < -0.4 is 5.32 Å².